The molecule has 2 rings (SSSR count). The lowest BCUT2D eigenvalue weighted by atomic mass is 10.2. The van der Waals surface area contributed by atoms with Gasteiger partial charge in [-0.05, 0) is 48.9 Å². The quantitative estimate of drug-likeness (QED) is 0.651. The van der Waals surface area contributed by atoms with Crippen LogP contribution in [0.4, 0.5) is 11.4 Å². The average Bonchev–Trinajstić information content (AvgIpc) is 2.55. The number of carbonyl (C=O) groups is 2. The Kier molecular flexibility index (Phi) is 5.32. The van der Waals surface area contributed by atoms with Crippen LogP contribution in [0.25, 0.3) is 0 Å². The van der Waals surface area contributed by atoms with Crippen LogP contribution in [0.15, 0.2) is 48.5 Å². The molecule has 120 valence electrons. The molecule has 0 spiro atoms. The minimum atomic E-state index is -0.512. The zero-order valence-corrected chi connectivity index (χ0v) is 12.7. The number of hydrogen-bond acceptors (Lipinski definition) is 4. The maximum atomic E-state index is 12.2. The van der Waals surface area contributed by atoms with Crippen molar-refractivity contribution in [1.29, 1.82) is 0 Å². The van der Waals surface area contributed by atoms with Gasteiger partial charge in [-0.25, -0.2) is 0 Å². The van der Waals surface area contributed by atoms with Gasteiger partial charge in [0.05, 0.1) is 6.61 Å². The highest BCUT2D eigenvalue weighted by Gasteiger charge is 2.13. The summed E-state index contributed by atoms with van der Waals surface area (Å²) in [5.41, 5.74) is 7.66. The van der Waals surface area contributed by atoms with E-state index in [9.17, 15) is 9.59 Å². The summed E-state index contributed by atoms with van der Waals surface area (Å²) in [6.07, 6.45) is 0. The van der Waals surface area contributed by atoms with E-state index < -0.39 is 11.9 Å². The Morgan fingerprint density at radius 2 is 1.83 bits per heavy atom. The van der Waals surface area contributed by atoms with E-state index in [0.717, 1.165) is 11.3 Å². The first-order chi connectivity index (χ1) is 11.0. The average molecular weight is 313 g/mol. The van der Waals surface area contributed by atoms with Gasteiger partial charge in [-0.3, -0.25) is 9.59 Å². The molecule has 0 fully saturated rings. The summed E-state index contributed by atoms with van der Waals surface area (Å²) in [7, 11) is 0. The van der Waals surface area contributed by atoms with Crippen molar-refractivity contribution in [2.24, 2.45) is 5.73 Å². The Morgan fingerprint density at radius 1 is 1.13 bits per heavy atom. The molecule has 0 aliphatic rings. The molecular formula is C17H19N3O3. The maximum Gasteiger partial charge on any atom is 0.248 e. The molecule has 1 atom stereocenters. The number of primary amides is 1. The zero-order valence-electron chi connectivity index (χ0n) is 12.7. The smallest absolute Gasteiger partial charge is 0.248 e. The minimum Gasteiger partial charge on any atom is -0.392 e. The van der Waals surface area contributed by atoms with Crippen LogP contribution in [0.1, 0.15) is 22.8 Å². The monoisotopic (exact) mass is 313 g/mol. The summed E-state index contributed by atoms with van der Waals surface area (Å²) < 4.78 is 0. The van der Waals surface area contributed by atoms with Crippen molar-refractivity contribution in [1.82, 2.24) is 0 Å². The van der Waals surface area contributed by atoms with E-state index in [0.29, 0.717) is 11.3 Å². The largest absolute Gasteiger partial charge is 0.392 e. The number of nitrogens with one attached hydrogen (secondary N) is 2. The van der Waals surface area contributed by atoms with Crippen LogP contribution in [0.2, 0.25) is 0 Å². The summed E-state index contributed by atoms with van der Waals surface area (Å²) in [6.45, 7) is 1.68. The maximum absolute atomic E-state index is 12.2. The fraction of sp³-hybridized carbons (Fsp3) is 0.176. The molecule has 0 aromatic heterocycles. The van der Waals surface area contributed by atoms with Crippen molar-refractivity contribution < 1.29 is 14.7 Å². The van der Waals surface area contributed by atoms with Crippen molar-refractivity contribution in [2.45, 2.75) is 19.6 Å². The van der Waals surface area contributed by atoms with Crippen molar-refractivity contribution in [3.8, 4) is 0 Å². The molecule has 23 heavy (non-hydrogen) atoms. The lowest BCUT2D eigenvalue weighted by molar-refractivity contribution is -0.116. The van der Waals surface area contributed by atoms with Gasteiger partial charge in [0, 0.05) is 16.9 Å². The highest BCUT2D eigenvalue weighted by molar-refractivity contribution is 5.97. The third-order valence-electron chi connectivity index (χ3n) is 3.32. The Labute approximate surface area is 134 Å². The fourth-order valence-electron chi connectivity index (χ4n) is 2.04. The van der Waals surface area contributed by atoms with E-state index in [4.69, 9.17) is 10.8 Å². The summed E-state index contributed by atoms with van der Waals surface area (Å²) in [5, 5.41) is 14.9. The molecule has 0 aliphatic heterocycles. The molecule has 0 saturated carbocycles. The number of nitrogens with two attached hydrogens (primary N) is 1. The third-order valence-corrected chi connectivity index (χ3v) is 3.32. The van der Waals surface area contributed by atoms with Crippen LogP contribution >= 0.6 is 0 Å². The second-order valence-corrected chi connectivity index (χ2v) is 5.16. The Bertz CT molecular complexity index is 698. The molecule has 6 heteroatoms. The number of rotatable bonds is 6. The van der Waals surface area contributed by atoms with Gasteiger partial charge in [-0.15, -0.1) is 0 Å². The Morgan fingerprint density at radius 3 is 2.43 bits per heavy atom. The molecule has 5 N–H and O–H groups in total. The van der Waals surface area contributed by atoms with Gasteiger partial charge < -0.3 is 21.5 Å². The predicted octanol–water partition coefficient (Wildman–Crippen LogP) is 1.72. The van der Waals surface area contributed by atoms with Crippen LogP contribution in [0, 0.1) is 0 Å². The molecule has 0 bridgehead atoms. The van der Waals surface area contributed by atoms with Gasteiger partial charge in [0.15, 0.2) is 0 Å². The predicted molar refractivity (Wildman–Crippen MR) is 89.0 cm³/mol. The van der Waals surface area contributed by atoms with Crippen molar-refractivity contribution in [3.63, 3.8) is 0 Å². The van der Waals surface area contributed by atoms with Crippen LogP contribution in [-0.4, -0.2) is 23.0 Å². The van der Waals surface area contributed by atoms with Crippen molar-refractivity contribution in [2.75, 3.05) is 10.6 Å². The van der Waals surface area contributed by atoms with E-state index in [-0.39, 0.29) is 12.5 Å². The topological polar surface area (TPSA) is 104 Å². The van der Waals surface area contributed by atoms with Gasteiger partial charge in [-0.2, -0.15) is 0 Å². The lowest BCUT2D eigenvalue weighted by Gasteiger charge is -2.16. The molecule has 0 radical (unpaired) electrons. The fourth-order valence-corrected chi connectivity index (χ4v) is 2.04. The lowest BCUT2D eigenvalue weighted by Crippen LogP contribution is -2.31. The standard InChI is InChI=1S/C17H19N3O3/c1-11(19-15-4-2-3-12(9-15)10-21)17(23)20-14-7-5-13(6-8-14)16(18)22/h2-9,11,19,21H,10H2,1H3,(H2,18,22)(H,20,23). The first-order valence-electron chi connectivity index (χ1n) is 7.16. The summed E-state index contributed by atoms with van der Waals surface area (Å²) in [4.78, 5) is 23.2. The summed E-state index contributed by atoms with van der Waals surface area (Å²) in [6, 6.07) is 13.1. The van der Waals surface area contributed by atoms with E-state index in [2.05, 4.69) is 10.6 Å². The SMILES string of the molecule is CC(Nc1cccc(CO)c1)C(=O)Nc1ccc(C(N)=O)cc1. The number of aliphatic hydroxyl groups is 1. The minimum absolute atomic E-state index is 0.0533. The molecule has 2 amide bonds. The summed E-state index contributed by atoms with van der Waals surface area (Å²) in [5.74, 6) is -0.729. The normalized spacial score (nSPS) is 11.6. The van der Waals surface area contributed by atoms with Gasteiger partial charge in [0.2, 0.25) is 11.8 Å². The number of hydrogen-bond donors (Lipinski definition) is 4. The van der Waals surface area contributed by atoms with Gasteiger partial charge in [0.25, 0.3) is 0 Å². The van der Waals surface area contributed by atoms with Crippen LogP contribution in [0.5, 0.6) is 0 Å². The zero-order chi connectivity index (χ0) is 16.8. The van der Waals surface area contributed by atoms with E-state index in [1.807, 2.05) is 6.07 Å². The molecule has 2 aromatic carbocycles. The summed E-state index contributed by atoms with van der Waals surface area (Å²) >= 11 is 0. The van der Waals surface area contributed by atoms with E-state index >= 15 is 0 Å². The second-order valence-electron chi connectivity index (χ2n) is 5.16. The van der Waals surface area contributed by atoms with Crippen LogP contribution in [-0.2, 0) is 11.4 Å². The highest BCUT2D eigenvalue weighted by atomic mass is 16.3. The van der Waals surface area contributed by atoms with Crippen molar-refractivity contribution >= 4 is 23.2 Å². The van der Waals surface area contributed by atoms with Gasteiger partial charge in [-0.1, -0.05) is 12.1 Å². The highest BCUT2D eigenvalue weighted by Crippen LogP contribution is 2.13. The molecule has 1 unspecified atom stereocenters. The van der Waals surface area contributed by atoms with E-state index in [1.54, 1.807) is 49.4 Å². The van der Waals surface area contributed by atoms with Crippen LogP contribution < -0.4 is 16.4 Å². The first-order valence-corrected chi connectivity index (χ1v) is 7.16. The number of carbonyl (C=O) groups excluding carboxylic acids is 2. The second kappa shape index (κ2) is 7.42. The Hall–Kier alpha value is -2.86. The number of benzene rings is 2. The molecule has 2 aromatic rings. The number of aliphatic hydroxyl groups excluding tert-OH is 1. The molecular weight excluding hydrogens is 294 g/mol. The Balaban J connectivity index is 1.97. The number of amides is 2. The third kappa shape index (κ3) is 4.55. The molecule has 6 nitrogen and oxygen atoms in total. The van der Waals surface area contributed by atoms with Crippen molar-refractivity contribution in [3.05, 3.63) is 59.7 Å². The van der Waals surface area contributed by atoms with Gasteiger partial charge in [0.1, 0.15) is 6.04 Å². The first kappa shape index (κ1) is 16.5. The molecule has 0 aliphatic carbocycles. The number of anilines is 2. The van der Waals surface area contributed by atoms with Gasteiger partial charge >= 0.3 is 0 Å². The van der Waals surface area contributed by atoms with Crippen LogP contribution in [0.3, 0.4) is 0 Å². The molecule has 0 heterocycles. The molecule has 0 saturated heterocycles. The van der Waals surface area contributed by atoms with E-state index in [1.165, 1.54) is 0 Å².